The predicted octanol–water partition coefficient (Wildman–Crippen LogP) is 5.67. The second-order valence-electron chi connectivity index (χ2n) is 6.38. The first-order valence-electron chi connectivity index (χ1n) is 6.89. The molecule has 92 valence electrons. The SMILES string of the molecule is CCCCCC(C)(C)CCC(C)C(C)C. The van der Waals surface area contributed by atoms with Gasteiger partial charge in [-0.1, -0.05) is 60.8 Å². The molecule has 0 N–H and O–H groups in total. The van der Waals surface area contributed by atoms with E-state index in [1.54, 1.807) is 0 Å². The molecule has 0 saturated heterocycles. The van der Waals surface area contributed by atoms with Gasteiger partial charge in [-0.3, -0.25) is 0 Å². The van der Waals surface area contributed by atoms with Crippen molar-refractivity contribution < 1.29 is 0 Å². The second kappa shape index (κ2) is 7.30. The molecule has 15 heavy (non-hydrogen) atoms. The molecule has 0 heteroatoms. The molecule has 1 atom stereocenters. The maximum atomic E-state index is 2.44. The highest BCUT2D eigenvalue weighted by Gasteiger charge is 2.19. The van der Waals surface area contributed by atoms with Crippen molar-refractivity contribution in [2.24, 2.45) is 17.3 Å². The van der Waals surface area contributed by atoms with Crippen molar-refractivity contribution in [2.75, 3.05) is 0 Å². The van der Waals surface area contributed by atoms with Gasteiger partial charge in [0.2, 0.25) is 0 Å². The lowest BCUT2D eigenvalue weighted by Crippen LogP contribution is -2.14. The molecule has 0 saturated carbocycles. The molecule has 0 aromatic heterocycles. The smallest absolute Gasteiger partial charge is 0.0354 e. The van der Waals surface area contributed by atoms with E-state index in [2.05, 4.69) is 41.5 Å². The summed E-state index contributed by atoms with van der Waals surface area (Å²) in [6.07, 6.45) is 8.37. The highest BCUT2D eigenvalue weighted by Crippen LogP contribution is 2.32. The number of hydrogen-bond acceptors (Lipinski definition) is 0. The summed E-state index contributed by atoms with van der Waals surface area (Å²) < 4.78 is 0. The summed E-state index contributed by atoms with van der Waals surface area (Å²) in [5.41, 5.74) is 0.568. The highest BCUT2D eigenvalue weighted by atomic mass is 14.2. The third-order valence-electron chi connectivity index (χ3n) is 3.87. The largest absolute Gasteiger partial charge is 0.0654 e. The Bertz CT molecular complexity index is 144. The monoisotopic (exact) mass is 212 g/mol. The zero-order valence-corrected chi connectivity index (χ0v) is 11.9. The van der Waals surface area contributed by atoms with Crippen LogP contribution < -0.4 is 0 Å². The summed E-state index contributed by atoms with van der Waals surface area (Å²) in [5, 5.41) is 0. The normalized spacial score (nSPS) is 14.6. The molecule has 0 heterocycles. The first-order valence-corrected chi connectivity index (χ1v) is 6.89. The van der Waals surface area contributed by atoms with Gasteiger partial charge >= 0.3 is 0 Å². The third-order valence-corrected chi connectivity index (χ3v) is 3.87. The summed E-state index contributed by atoms with van der Waals surface area (Å²) in [7, 11) is 0. The lowest BCUT2D eigenvalue weighted by molar-refractivity contribution is 0.249. The fourth-order valence-electron chi connectivity index (χ4n) is 1.93. The molecule has 0 nitrogen and oxygen atoms in total. The van der Waals surface area contributed by atoms with Crippen LogP contribution in [0.3, 0.4) is 0 Å². The quantitative estimate of drug-likeness (QED) is 0.455. The Kier molecular flexibility index (Phi) is 7.30. The zero-order valence-electron chi connectivity index (χ0n) is 11.9. The molecule has 0 rings (SSSR count). The Labute approximate surface area is 97.8 Å². The molecule has 0 aliphatic heterocycles. The van der Waals surface area contributed by atoms with Gasteiger partial charge in [0.25, 0.3) is 0 Å². The Balaban J connectivity index is 3.72. The van der Waals surface area contributed by atoms with Gasteiger partial charge in [0.1, 0.15) is 0 Å². The first-order chi connectivity index (χ1) is 6.89. The molecule has 0 amide bonds. The van der Waals surface area contributed by atoms with E-state index in [-0.39, 0.29) is 0 Å². The Hall–Kier alpha value is 0. The molecule has 0 aliphatic rings. The van der Waals surface area contributed by atoms with Crippen LogP contribution in [-0.4, -0.2) is 0 Å². The molecule has 0 fully saturated rings. The van der Waals surface area contributed by atoms with Crippen LogP contribution in [0.5, 0.6) is 0 Å². The van der Waals surface area contributed by atoms with Gasteiger partial charge in [0.15, 0.2) is 0 Å². The molecule has 0 aromatic carbocycles. The minimum atomic E-state index is 0.568. The van der Waals surface area contributed by atoms with Crippen LogP contribution in [0.4, 0.5) is 0 Å². The number of unbranched alkanes of at least 4 members (excludes halogenated alkanes) is 2. The molecule has 0 aromatic rings. The summed E-state index contributed by atoms with van der Waals surface area (Å²) in [4.78, 5) is 0. The van der Waals surface area contributed by atoms with Crippen LogP contribution in [-0.2, 0) is 0 Å². The molecular weight excluding hydrogens is 180 g/mol. The minimum Gasteiger partial charge on any atom is -0.0654 e. The Morgan fingerprint density at radius 2 is 1.53 bits per heavy atom. The highest BCUT2D eigenvalue weighted by molar-refractivity contribution is 4.71. The van der Waals surface area contributed by atoms with Crippen molar-refractivity contribution in [3.05, 3.63) is 0 Å². The van der Waals surface area contributed by atoms with Crippen molar-refractivity contribution in [3.63, 3.8) is 0 Å². The second-order valence-corrected chi connectivity index (χ2v) is 6.38. The number of hydrogen-bond donors (Lipinski definition) is 0. The summed E-state index contributed by atoms with van der Waals surface area (Å²) in [5.74, 6) is 1.73. The van der Waals surface area contributed by atoms with Gasteiger partial charge in [0.05, 0.1) is 0 Å². The van der Waals surface area contributed by atoms with E-state index in [9.17, 15) is 0 Å². The van der Waals surface area contributed by atoms with Gasteiger partial charge in [-0.05, 0) is 36.5 Å². The molecule has 0 spiro atoms. The molecule has 0 bridgehead atoms. The predicted molar refractivity (Wildman–Crippen MR) is 71.2 cm³/mol. The van der Waals surface area contributed by atoms with Crippen LogP contribution >= 0.6 is 0 Å². The lowest BCUT2D eigenvalue weighted by Gasteiger charge is -2.27. The van der Waals surface area contributed by atoms with E-state index in [0.717, 1.165) is 11.8 Å². The van der Waals surface area contributed by atoms with E-state index in [0.29, 0.717) is 5.41 Å². The van der Waals surface area contributed by atoms with E-state index < -0.39 is 0 Å². The van der Waals surface area contributed by atoms with Crippen LogP contribution in [0.25, 0.3) is 0 Å². The van der Waals surface area contributed by atoms with Gasteiger partial charge in [0, 0.05) is 0 Å². The van der Waals surface area contributed by atoms with Gasteiger partial charge < -0.3 is 0 Å². The zero-order chi connectivity index (χ0) is 11.9. The Morgan fingerprint density at radius 3 is 2.00 bits per heavy atom. The van der Waals surface area contributed by atoms with E-state index in [4.69, 9.17) is 0 Å². The van der Waals surface area contributed by atoms with E-state index in [1.165, 1.54) is 38.5 Å². The van der Waals surface area contributed by atoms with Crippen LogP contribution in [0.15, 0.2) is 0 Å². The lowest BCUT2D eigenvalue weighted by atomic mass is 9.79. The van der Waals surface area contributed by atoms with Crippen LogP contribution in [0, 0.1) is 17.3 Å². The van der Waals surface area contributed by atoms with Crippen molar-refractivity contribution in [3.8, 4) is 0 Å². The van der Waals surface area contributed by atoms with Crippen molar-refractivity contribution >= 4 is 0 Å². The van der Waals surface area contributed by atoms with Gasteiger partial charge in [-0.25, -0.2) is 0 Å². The first kappa shape index (κ1) is 15.0. The summed E-state index contributed by atoms with van der Waals surface area (Å²) >= 11 is 0. The fourth-order valence-corrected chi connectivity index (χ4v) is 1.93. The maximum Gasteiger partial charge on any atom is -0.0354 e. The van der Waals surface area contributed by atoms with Crippen molar-refractivity contribution in [1.82, 2.24) is 0 Å². The van der Waals surface area contributed by atoms with Crippen LogP contribution in [0.1, 0.15) is 80.1 Å². The summed E-state index contributed by atoms with van der Waals surface area (Å²) in [6.45, 7) is 14.2. The average molecular weight is 212 g/mol. The minimum absolute atomic E-state index is 0.568. The fraction of sp³-hybridized carbons (Fsp3) is 1.00. The van der Waals surface area contributed by atoms with E-state index >= 15 is 0 Å². The maximum absolute atomic E-state index is 2.44. The molecule has 0 radical (unpaired) electrons. The van der Waals surface area contributed by atoms with E-state index in [1.807, 2.05) is 0 Å². The van der Waals surface area contributed by atoms with Crippen molar-refractivity contribution in [2.45, 2.75) is 80.1 Å². The van der Waals surface area contributed by atoms with Gasteiger partial charge in [-0.2, -0.15) is 0 Å². The summed E-state index contributed by atoms with van der Waals surface area (Å²) in [6, 6.07) is 0. The standard InChI is InChI=1S/C15H32/c1-7-8-9-11-15(5,6)12-10-14(4)13(2)3/h13-14H,7-12H2,1-6H3. The Morgan fingerprint density at radius 1 is 0.933 bits per heavy atom. The number of rotatable bonds is 8. The average Bonchev–Trinajstić information content (AvgIpc) is 2.14. The molecule has 1 unspecified atom stereocenters. The topological polar surface area (TPSA) is 0 Å². The van der Waals surface area contributed by atoms with Crippen molar-refractivity contribution in [1.29, 1.82) is 0 Å². The molecule has 0 aliphatic carbocycles. The van der Waals surface area contributed by atoms with Gasteiger partial charge in [-0.15, -0.1) is 0 Å². The molecular formula is C15H32. The third kappa shape index (κ3) is 7.88. The van der Waals surface area contributed by atoms with Crippen LogP contribution in [0.2, 0.25) is 0 Å².